The van der Waals surface area contributed by atoms with Gasteiger partial charge in [-0.1, -0.05) is 0 Å². The zero-order valence-corrected chi connectivity index (χ0v) is 38.3. The Morgan fingerprint density at radius 2 is 1.27 bits per heavy atom. The average molecular weight is 898 g/mol. The Hall–Kier alpha value is -6.04. The third kappa shape index (κ3) is 7.83. The number of carbonyl (C=O) groups is 2. The number of anilines is 6. The predicted molar refractivity (Wildman–Crippen MR) is 256 cm³/mol. The van der Waals surface area contributed by atoms with E-state index in [1.165, 1.54) is 27.1 Å². The molecule has 2 aliphatic carbocycles. The Labute approximate surface area is 379 Å². The molecule has 0 saturated carbocycles. The highest BCUT2D eigenvalue weighted by Gasteiger charge is 2.35. The maximum absolute atomic E-state index is 13.3. The number of carbonyl (C=O) groups excluding carboxylic acids is 1. The number of ether oxygens (including phenoxy) is 1. The van der Waals surface area contributed by atoms with Crippen LogP contribution in [0.1, 0.15) is 62.9 Å². The van der Waals surface area contributed by atoms with Crippen molar-refractivity contribution in [3.8, 4) is 0 Å². The number of nitrogens with zero attached hydrogens (tertiary/aromatic N) is 9. The van der Waals surface area contributed by atoms with E-state index in [9.17, 15) is 14.7 Å². The van der Waals surface area contributed by atoms with Crippen molar-refractivity contribution in [1.82, 2.24) is 24.8 Å². The van der Waals surface area contributed by atoms with Crippen LogP contribution >= 0.6 is 22.7 Å². The fourth-order valence-corrected chi connectivity index (χ4v) is 12.1. The topological polar surface area (TPSA) is 174 Å². The van der Waals surface area contributed by atoms with E-state index in [2.05, 4.69) is 95.6 Å². The molecule has 0 radical (unpaired) electrons. The molecule has 0 bridgehead atoms. The molecular formula is C47H51N11O4S2. The van der Waals surface area contributed by atoms with Crippen LogP contribution in [0.2, 0.25) is 0 Å². The van der Waals surface area contributed by atoms with Gasteiger partial charge in [0.2, 0.25) is 5.91 Å². The van der Waals surface area contributed by atoms with E-state index < -0.39 is 5.97 Å². The number of nitrogens with one attached hydrogen (secondary N) is 2. The van der Waals surface area contributed by atoms with E-state index in [1.807, 2.05) is 31.4 Å². The first-order valence-electron chi connectivity index (χ1n) is 21.8. The Morgan fingerprint density at radius 1 is 0.750 bits per heavy atom. The number of morpholine rings is 1. The SMILES string of the molecule is CN(C)c1cc2c(cc1Nc1ncnc3sc4c(c13)CC[C@H](C(=O)O)C4)C=NC2.C[C@@H]1COCCN1C(=O)[C@H]1CCc2c(sc3ncnc(Nc4cc5c(cc4N(C)C)CN=C5)c23)C1. The standard InChI is InChI=1S/C26H30N6O2S.C21H21N5O2S/c1-15-13-34-7-6-32(15)26(33)16-4-5-19-22(10-16)35-25-23(19)24(28-14-29-25)30-20-8-17-11-27-12-18(17)9-21(20)31(2)3;1-26(2)16-6-13-9-22-8-12(13)5-15(16)25-19-18-14-4-3-11(21(27)28)7-17(14)29-20(18)24-10-23-19/h8-9,11,14-16H,4-7,10,12-13H2,1-3H3,(H,28,29,30);5-6,8,10-11H,3-4,7,9H2,1-2H3,(H,27,28)(H,23,24,25)/t15-,16+;11-/m10/s1. The third-order valence-corrected chi connectivity index (χ3v) is 15.3. The van der Waals surface area contributed by atoms with Gasteiger partial charge >= 0.3 is 5.97 Å². The van der Waals surface area contributed by atoms with Crippen molar-refractivity contribution in [3.05, 3.63) is 80.1 Å². The van der Waals surface area contributed by atoms with Gasteiger partial charge in [0.25, 0.3) is 0 Å². The highest BCUT2D eigenvalue weighted by Crippen LogP contribution is 2.44. The molecule has 4 aromatic heterocycles. The van der Waals surface area contributed by atoms with Crippen LogP contribution in [-0.2, 0) is 53.1 Å². The molecule has 11 rings (SSSR count). The van der Waals surface area contributed by atoms with Crippen LogP contribution < -0.4 is 20.4 Å². The summed E-state index contributed by atoms with van der Waals surface area (Å²) in [5.41, 5.74) is 11.4. The van der Waals surface area contributed by atoms with Gasteiger partial charge in [0, 0.05) is 62.8 Å². The summed E-state index contributed by atoms with van der Waals surface area (Å²) in [6, 6.07) is 8.80. The van der Waals surface area contributed by atoms with Crippen molar-refractivity contribution in [2.24, 2.45) is 21.8 Å². The summed E-state index contributed by atoms with van der Waals surface area (Å²) in [5.74, 6) is 0.876. The number of fused-ring (bicyclic) bond motifs is 8. The number of carboxylic acids is 1. The number of thiophene rings is 2. The molecule has 0 spiro atoms. The number of hydrogen-bond donors (Lipinski definition) is 3. The number of rotatable bonds is 8. The lowest BCUT2D eigenvalue weighted by Gasteiger charge is -2.36. The number of aromatic nitrogens is 4. The third-order valence-electron chi connectivity index (χ3n) is 13.0. The molecule has 17 heteroatoms. The van der Waals surface area contributed by atoms with E-state index in [4.69, 9.17) is 4.74 Å². The highest BCUT2D eigenvalue weighted by molar-refractivity contribution is 7.19. The molecule has 3 aliphatic heterocycles. The molecule has 2 aromatic carbocycles. The van der Waals surface area contributed by atoms with Gasteiger partial charge in [0.15, 0.2) is 0 Å². The number of benzene rings is 2. The van der Waals surface area contributed by atoms with Crippen molar-refractivity contribution < 1.29 is 19.4 Å². The number of amides is 1. The van der Waals surface area contributed by atoms with E-state index in [0.29, 0.717) is 32.6 Å². The fraction of sp³-hybridized carbons (Fsp3) is 0.404. The predicted octanol–water partition coefficient (Wildman–Crippen LogP) is 7.41. The molecule has 5 aliphatic rings. The summed E-state index contributed by atoms with van der Waals surface area (Å²) >= 11 is 3.30. The second kappa shape index (κ2) is 17.2. The molecule has 64 heavy (non-hydrogen) atoms. The van der Waals surface area contributed by atoms with Gasteiger partial charge in [0.05, 0.1) is 71.8 Å². The number of aryl methyl sites for hydroxylation is 2. The first kappa shape index (κ1) is 41.9. The molecule has 0 unspecified atom stereocenters. The second-order valence-corrected chi connectivity index (χ2v) is 19.8. The maximum Gasteiger partial charge on any atom is 0.306 e. The van der Waals surface area contributed by atoms with Crippen molar-refractivity contribution >= 4 is 102 Å². The molecule has 3 N–H and O–H groups in total. The molecule has 330 valence electrons. The zero-order chi connectivity index (χ0) is 44.2. The highest BCUT2D eigenvalue weighted by atomic mass is 32.1. The molecule has 7 heterocycles. The Kier molecular flexibility index (Phi) is 11.2. The fourth-order valence-electron chi connectivity index (χ4n) is 9.61. The first-order chi connectivity index (χ1) is 31.0. The molecule has 3 atom stereocenters. The van der Waals surface area contributed by atoms with Gasteiger partial charge in [-0.15, -0.1) is 22.7 Å². The second-order valence-electron chi connectivity index (χ2n) is 17.6. The number of aliphatic carboxylic acids is 1. The molecule has 6 aromatic rings. The largest absolute Gasteiger partial charge is 0.481 e. The van der Waals surface area contributed by atoms with Crippen LogP contribution in [-0.4, -0.2) is 108 Å². The van der Waals surface area contributed by atoms with Crippen molar-refractivity contribution in [3.63, 3.8) is 0 Å². The Bertz CT molecular complexity index is 2890. The van der Waals surface area contributed by atoms with E-state index in [-0.39, 0.29) is 23.8 Å². The van der Waals surface area contributed by atoms with Gasteiger partial charge in [-0.2, -0.15) is 0 Å². The average Bonchev–Trinajstić information content (AvgIpc) is 4.10. The maximum atomic E-state index is 13.3. The van der Waals surface area contributed by atoms with E-state index >= 15 is 0 Å². The lowest BCUT2D eigenvalue weighted by atomic mass is 9.86. The summed E-state index contributed by atoms with van der Waals surface area (Å²) < 4.78 is 5.53. The lowest BCUT2D eigenvalue weighted by Crippen LogP contribution is -2.50. The van der Waals surface area contributed by atoms with Crippen molar-refractivity contribution in [2.45, 2.75) is 64.6 Å². The quantitative estimate of drug-likeness (QED) is 0.138. The van der Waals surface area contributed by atoms with Gasteiger partial charge in [-0.05, 0) is 103 Å². The van der Waals surface area contributed by atoms with E-state index in [1.54, 1.807) is 35.3 Å². The van der Waals surface area contributed by atoms with E-state index in [0.717, 1.165) is 110 Å². The van der Waals surface area contributed by atoms with Crippen LogP contribution in [0.5, 0.6) is 0 Å². The van der Waals surface area contributed by atoms with Gasteiger partial charge in [-0.25, -0.2) is 19.9 Å². The van der Waals surface area contributed by atoms with Gasteiger partial charge < -0.3 is 35.2 Å². The first-order valence-corrected chi connectivity index (χ1v) is 23.5. The van der Waals surface area contributed by atoms with Gasteiger partial charge in [0.1, 0.15) is 34.0 Å². The summed E-state index contributed by atoms with van der Waals surface area (Å²) in [6.07, 6.45) is 11.5. The molecular weight excluding hydrogens is 847 g/mol. The summed E-state index contributed by atoms with van der Waals surface area (Å²) in [4.78, 5) is 62.3. The van der Waals surface area contributed by atoms with Crippen LogP contribution in [0.15, 0.2) is 46.9 Å². The minimum Gasteiger partial charge on any atom is -0.481 e. The van der Waals surface area contributed by atoms with Crippen molar-refractivity contribution in [1.29, 1.82) is 0 Å². The van der Waals surface area contributed by atoms with Crippen LogP contribution in [0, 0.1) is 11.8 Å². The molecule has 1 saturated heterocycles. The minimum absolute atomic E-state index is 0.0248. The van der Waals surface area contributed by atoms with Gasteiger partial charge in [-0.3, -0.25) is 19.6 Å². The number of carboxylic acid groups (broad SMARTS) is 1. The monoisotopic (exact) mass is 897 g/mol. The number of aliphatic imine (C=N–C) groups is 2. The van der Waals surface area contributed by atoms with Crippen molar-refractivity contribution in [2.75, 3.05) is 68.4 Å². The summed E-state index contributed by atoms with van der Waals surface area (Å²) in [7, 11) is 8.15. The van der Waals surface area contributed by atoms with Crippen LogP contribution in [0.25, 0.3) is 20.4 Å². The summed E-state index contributed by atoms with van der Waals surface area (Å²) in [6.45, 7) is 5.47. The normalized spacial score (nSPS) is 19.4. The molecule has 15 nitrogen and oxygen atoms in total. The zero-order valence-electron chi connectivity index (χ0n) is 36.6. The van der Waals surface area contributed by atoms with Crippen LogP contribution in [0.4, 0.5) is 34.4 Å². The number of hydrogen-bond acceptors (Lipinski definition) is 15. The Balaban J connectivity index is 0.000000154. The van der Waals surface area contributed by atoms with Crippen LogP contribution in [0.3, 0.4) is 0 Å². The smallest absolute Gasteiger partial charge is 0.306 e. The Morgan fingerprint density at radius 3 is 1.77 bits per heavy atom. The molecule has 1 amide bonds. The summed E-state index contributed by atoms with van der Waals surface area (Å²) in [5, 5.41) is 18.7. The lowest BCUT2D eigenvalue weighted by molar-refractivity contribution is -0.144. The minimum atomic E-state index is -0.715. The molecule has 1 fully saturated rings.